The third kappa shape index (κ3) is 3.21. The van der Waals surface area contributed by atoms with Gasteiger partial charge in [-0.3, -0.25) is 14.8 Å². The molecule has 0 atom stereocenters. The van der Waals surface area contributed by atoms with E-state index in [1.54, 1.807) is 12.1 Å². The summed E-state index contributed by atoms with van der Waals surface area (Å²) in [4.78, 5) is 10.6. The zero-order valence-corrected chi connectivity index (χ0v) is 12.9. The van der Waals surface area contributed by atoms with Crippen molar-refractivity contribution in [3.05, 3.63) is 57.1 Å². The molecule has 0 aliphatic rings. The maximum absolute atomic E-state index is 11.1. The third-order valence-electron chi connectivity index (χ3n) is 3.18. The van der Waals surface area contributed by atoms with Gasteiger partial charge in [-0.2, -0.15) is 5.10 Å². The maximum atomic E-state index is 11.1. The van der Waals surface area contributed by atoms with Crippen molar-refractivity contribution in [3.8, 4) is 11.6 Å². The number of aryl methyl sites for hydroxylation is 1. The minimum Gasteiger partial charge on any atom is -0.419 e. The average molecular weight is 334 g/mol. The first kappa shape index (κ1) is 15.2. The van der Waals surface area contributed by atoms with E-state index in [-0.39, 0.29) is 17.3 Å². The van der Waals surface area contributed by atoms with E-state index in [4.69, 9.17) is 16.0 Å². The Morgan fingerprint density at radius 1 is 1.39 bits per heavy atom. The van der Waals surface area contributed by atoms with Crippen molar-refractivity contribution >= 4 is 17.3 Å². The SMILES string of the molecule is CCn1cc([N+](=O)[O-])c(-c2nnc(Cc3cccc(Cl)c3)o2)n1. The second-order valence-corrected chi connectivity index (χ2v) is 5.22. The van der Waals surface area contributed by atoms with Crippen molar-refractivity contribution in [2.75, 3.05) is 0 Å². The van der Waals surface area contributed by atoms with Gasteiger partial charge in [-0.05, 0) is 24.6 Å². The van der Waals surface area contributed by atoms with E-state index in [2.05, 4.69) is 15.3 Å². The van der Waals surface area contributed by atoms with Crippen LogP contribution in [0.1, 0.15) is 18.4 Å². The van der Waals surface area contributed by atoms with Gasteiger partial charge in [-0.15, -0.1) is 10.2 Å². The first-order valence-corrected chi connectivity index (χ1v) is 7.23. The summed E-state index contributed by atoms with van der Waals surface area (Å²) in [6.45, 7) is 2.34. The number of benzene rings is 1. The molecule has 0 unspecified atom stereocenters. The standard InChI is InChI=1S/C14H12ClN5O3/c1-2-19-8-11(20(21)22)13(18-19)14-17-16-12(23-14)7-9-4-3-5-10(15)6-9/h3-6,8H,2,7H2,1H3. The van der Waals surface area contributed by atoms with E-state index in [0.29, 0.717) is 23.9 Å². The number of rotatable bonds is 5. The second kappa shape index (κ2) is 6.17. The normalized spacial score (nSPS) is 10.9. The van der Waals surface area contributed by atoms with Crippen LogP contribution in [-0.2, 0) is 13.0 Å². The van der Waals surface area contributed by atoms with Crippen molar-refractivity contribution in [1.29, 1.82) is 0 Å². The molecule has 0 amide bonds. The summed E-state index contributed by atoms with van der Waals surface area (Å²) >= 11 is 5.93. The van der Waals surface area contributed by atoms with Gasteiger partial charge in [0.15, 0.2) is 0 Å². The van der Waals surface area contributed by atoms with Gasteiger partial charge in [0.2, 0.25) is 11.6 Å². The molecule has 9 heteroatoms. The minimum absolute atomic E-state index is 0.0286. The van der Waals surface area contributed by atoms with Crippen LogP contribution in [0.5, 0.6) is 0 Å². The number of hydrogen-bond acceptors (Lipinski definition) is 6. The third-order valence-corrected chi connectivity index (χ3v) is 3.41. The van der Waals surface area contributed by atoms with E-state index in [1.807, 2.05) is 19.1 Å². The van der Waals surface area contributed by atoms with Crippen molar-refractivity contribution in [1.82, 2.24) is 20.0 Å². The van der Waals surface area contributed by atoms with Gasteiger partial charge < -0.3 is 4.42 Å². The molecule has 0 aliphatic heterocycles. The maximum Gasteiger partial charge on any atom is 0.320 e. The zero-order chi connectivity index (χ0) is 16.4. The van der Waals surface area contributed by atoms with E-state index in [0.717, 1.165) is 5.56 Å². The summed E-state index contributed by atoms with van der Waals surface area (Å²) < 4.78 is 6.97. The topological polar surface area (TPSA) is 99.9 Å². The van der Waals surface area contributed by atoms with E-state index >= 15 is 0 Å². The Kier molecular flexibility index (Phi) is 4.07. The van der Waals surface area contributed by atoms with E-state index in [9.17, 15) is 10.1 Å². The van der Waals surface area contributed by atoms with Crippen LogP contribution in [0.15, 0.2) is 34.9 Å². The molecule has 8 nitrogen and oxygen atoms in total. The lowest BCUT2D eigenvalue weighted by Crippen LogP contribution is -1.93. The number of halogens is 1. The summed E-state index contributed by atoms with van der Waals surface area (Å²) in [5, 5.41) is 23.6. The van der Waals surface area contributed by atoms with Crippen LogP contribution in [0, 0.1) is 10.1 Å². The molecule has 3 aromatic rings. The Hall–Kier alpha value is -2.74. The molecular weight excluding hydrogens is 322 g/mol. The predicted molar refractivity (Wildman–Crippen MR) is 82.1 cm³/mol. The molecule has 0 N–H and O–H groups in total. The molecule has 1 aromatic carbocycles. The van der Waals surface area contributed by atoms with Crippen molar-refractivity contribution in [3.63, 3.8) is 0 Å². The van der Waals surface area contributed by atoms with Crippen LogP contribution < -0.4 is 0 Å². The van der Waals surface area contributed by atoms with Crippen LogP contribution in [0.3, 0.4) is 0 Å². The molecule has 0 saturated carbocycles. The van der Waals surface area contributed by atoms with Crippen LogP contribution in [0.4, 0.5) is 5.69 Å². The summed E-state index contributed by atoms with van der Waals surface area (Å²) in [7, 11) is 0. The fourth-order valence-electron chi connectivity index (χ4n) is 2.10. The lowest BCUT2D eigenvalue weighted by atomic mass is 10.1. The molecule has 0 fully saturated rings. The molecule has 0 spiro atoms. The Labute approximate surface area is 135 Å². The number of aromatic nitrogens is 4. The highest BCUT2D eigenvalue weighted by molar-refractivity contribution is 6.30. The number of hydrogen-bond donors (Lipinski definition) is 0. The molecule has 0 saturated heterocycles. The second-order valence-electron chi connectivity index (χ2n) is 4.78. The molecule has 3 rings (SSSR count). The van der Waals surface area contributed by atoms with Gasteiger partial charge in [0.05, 0.1) is 11.3 Å². The average Bonchev–Trinajstić information content (AvgIpc) is 3.13. The quantitative estimate of drug-likeness (QED) is 0.525. The largest absolute Gasteiger partial charge is 0.419 e. The summed E-state index contributed by atoms with van der Waals surface area (Å²) in [5.74, 6) is 0.364. The first-order valence-electron chi connectivity index (χ1n) is 6.86. The summed E-state index contributed by atoms with van der Waals surface area (Å²) in [5.41, 5.74) is 0.813. The van der Waals surface area contributed by atoms with E-state index < -0.39 is 4.92 Å². The highest BCUT2D eigenvalue weighted by Gasteiger charge is 2.25. The molecule has 118 valence electrons. The lowest BCUT2D eigenvalue weighted by Gasteiger charge is -1.97. The predicted octanol–water partition coefficient (Wildman–Crippen LogP) is 3.11. The fraction of sp³-hybridized carbons (Fsp3) is 0.214. The van der Waals surface area contributed by atoms with Gasteiger partial charge in [-0.25, -0.2) is 0 Å². The zero-order valence-electron chi connectivity index (χ0n) is 12.1. The minimum atomic E-state index is -0.519. The van der Waals surface area contributed by atoms with Crippen molar-refractivity contribution in [2.45, 2.75) is 19.9 Å². The Bertz CT molecular complexity index is 858. The summed E-state index contributed by atoms with van der Waals surface area (Å²) in [6.07, 6.45) is 1.73. The van der Waals surface area contributed by atoms with Gasteiger partial charge >= 0.3 is 5.69 Å². The van der Waals surface area contributed by atoms with Gasteiger partial charge in [0.25, 0.3) is 5.89 Å². The van der Waals surface area contributed by atoms with Gasteiger partial charge in [0.1, 0.15) is 6.20 Å². The first-order chi connectivity index (χ1) is 11.1. The molecule has 0 radical (unpaired) electrons. The molecule has 0 aliphatic carbocycles. The monoisotopic (exact) mass is 333 g/mol. The fourth-order valence-corrected chi connectivity index (χ4v) is 2.31. The Morgan fingerprint density at radius 3 is 2.91 bits per heavy atom. The highest BCUT2D eigenvalue weighted by Crippen LogP contribution is 2.27. The van der Waals surface area contributed by atoms with Crippen LogP contribution in [0.25, 0.3) is 11.6 Å². The molecular formula is C14H12ClN5O3. The van der Waals surface area contributed by atoms with Crippen molar-refractivity contribution in [2.24, 2.45) is 0 Å². The highest BCUT2D eigenvalue weighted by atomic mass is 35.5. The molecule has 2 heterocycles. The molecule has 23 heavy (non-hydrogen) atoms. The Balaban J connectivity index is 1.90. The lowest BCUT2D eigenvalue weighted by molar-refractivity contribution is -0.384. The summed E-state index contributed by atoms with van der Waals surface area (Å²) in [6, 6.07) is 7.26. The number of nitro groups is 1. The smallest absolute Gasteiger partial charge is 0.320 e. The van der Waals surface area contributed by atoms with Crippen LogP contribution in [0.2, 0.25) is 5.02 Å². The van der Waals surface area contributed by atoms with Gasteiger partial charge in [0, 0.05) is 11.6 Å². The Morgan fingerprint density at radius 2 is 2.22 bits per heavy atom. The van der Waals surface area contributed by atoms with Gasteiger partial charge in [-0.1, -0.05) is 23.7 Å². The van der Waals surface area contributed by atoms with E-state index in [1.165, 1.54) is 10.9 Å². The number of nitrogens with zero attached hydrogens (tertiary/aromatic N) is 5. The van der Waals surface area contributed by atoms with Crippen LogP contribution >= 0.6 is 11.6 Å². The van der Waals surface area contributed by atoms with Crippen LogP contribution in [-0.4, -0.2) is 24.9 Å². The van der Waals surface area contributed by atoms with Crippen molar-refractivity contribution < 1.29 is 9.34 Å². The molecule has 2 aromatic heterocycles. The molecule has 0 bridgehead atoms.